The maximum Gasteiger partial charge on any atom is 0.433 e. The van der Waals surface area contributed by atoms with Gasteiger partial charge in [-0.1, -0.05) is 6.07 Å². The second-order valence-corrected chi connectivity index (χ2v) is 8.01. The second kappa shape index (κ2) is 8.68. The van der Waals surface area contributed by atoms with E-state index in [0.29, 0.717) is 18.8 Å². The van der Waals surface area contributed by atoms with Crippen molar-refractivity contribution in [2.75, 3.05) is 30.4 Å². The van der Waals surface area contributed by atoms with E-state index < -0.39 is 11.9 Å². The molecule has 0 spiro atoms. The molecule has 33 heavy (non-hydrogen) atoms. The largest absolute Gasteiger partial charge is 0.433 e. The molecule has 1 atom stereocenters. The van der Waals surface area contributed by atoms with Crippen molar-refractivity contribution >= 4 is 23.4 Å². The summed E-state index contributed by atoms with van der Waals surface area (Å²) in [5.74, 6) is 0.637. The lowest BCUT2D eigenvalue weighted by molar-refractivity contribution is -0.141. The Balaban J connectivity index is 1.56. The summed E-state index contributed by atoms with van der Waals surface area (Å²) in [4.78, 5) is 28.0. The van der Waals surface area contributed by atoms with Gasteiger partial charge in [-0.15, -0.1) is 0 Å². The van der Waals surface area contributed by atoms with Gasteiger partial charge in [0, 0.05) is 43.8 Å². The van der Waals surface area contributed by atoms with Crippen LogP contribution in [0, 0.1) is 6.92 Å². The van der Waals surface area contributed by atoms with Crippen LogP contribution in [0.15, 0.2) is 48.8 Å². The summed E-state index contributed by atoms with van der Waals surface area (Å²) < 4.78 is 38.8. The molecule has 7 nitrogen and oxygen atoms in total. The summed E-state index contributed by atoms with van der Waals surface area (Å²) in [6, 6.07) is 9.88. The summed E-state index contributed by atoms with van der Waals surface area (Å²) in [5, 5.41) is 2.85. The summed E-state index contributed by atoms with van der Waals surface area (Å²) >= 11 is 0. The lowest BCUT2D eigenvalue weighted by atomic mass is 10.0. The van der Waals surface area contributed by atoms with E-state index in [1.165, 1.54) is 0 Å². The third-order valence-electron chi connectivity index (χ3n) is 5.53. The molecule has 1 amide bonds. The number of carbonyl (C=O) groups excluding carboxylic acids is 1. The van der Waals surface area contributed by atoms with Crippen LogP contribution in [0.1, 0.15) is 18.2 Å². The van der Waals surface area contributed by atoms with E-state index >= 15 is 0 Å². The van der Waals surface area contributed by atoms with E-state index in [2.05, 4.69) is 20.3 Å². The third-order valence-corrected chi connectivity index (χ3v) is 5.53. The highest BCUT2D eigenvalue weighted by atomic mass is 19.4. The van der Waals surface area contributed by atoms with Crippen LogP contribution in [0.25, 0.3) is 11.1 Å². The summed E-state index contributed by atoms with van der Waals surface area (Å²) in [6.07, 6.45) is -1.75. The molecule has 4 rings (SSSR count). The number of benzene rings is 1. The molecule has 10 heteroatoms. The van der Waals surface area contributed by atoms with Gasteiger partial charge in [-0.3, -0.25) is 4.79 Å². The molecular formula is C23H23F3N6O. The number of hydrogen-bond donors (Lipinski definition) is 1. The molecule has 1 N–H and O–H groups in total. The zero-order valence-corrected chi connectivity index (χ0v) is 18.4. The van der Waals surface area contributed by atoms with Crippen molar-refractivity contribution in [2.45, 2.75) is 26.1 Å². The van der Waals surface area contributed by atoms with Crippen molar-refractivity contribution in [1.29, 1.82) is 0 Å². The highest BCUT2D eigenvalue weighted by Crippen LogP contribution is 2.30. The molecule has 1 unspecified atom stereocenters. The Bertz CT molecular complexity index is 1170. The Morgan fingerprint density at radius 1 is 1.06 bits per heavy atom. The number of halogens is 3. The van der Waals surface area contributed by atoms with Gasteiger partial charge in [0.25, 0.3) is 0 Å². The fourth-order valence-electron chi connectivity index (χ4n) is 3.78. The molecule has 3 heterocycles. The van der Waals surface area contributed by atoms with E-state index in [1.54, 1.807) is 30.3 Å². The van der Waals surface area contributed by atoms with Crippen LogP contribution in [0.4, 0.5) is 30.6 Å². The minimum Gasteiger partial charge on any atom is -0.343 e. The van der Waals surface area contributed by atoms with Crippen molar-refractivity contribution in [3.63, 3.8) is 0 Å². The van der Waals surface area contributed by atoms with Crippen molar-refractivity contribution in [3.8, 4) is 11.1 Å². The number of amides is 1. The average Bonchev–Trinajstić information content (AvgIpc) is 2.77. The van der Waals surface area contributed by atoms with Crippen LogP contribution in [0.3, 0.4) is 0 Å². The minimum atomic E-state index is -4.55. The number of rotatable bonds is 4. The number of nitrogens with zero attached hydrogens (tertiary/aromatic N) is 5. The monoisotopic (exact) mass is 456 g/mol. The SMILES string of the molecule is Cc1cc(Nc2nccc(C(F)(F)F)n2)cc(-c2ccc(N3CCN(C)C(=O)C3C)nc2)c1. The van der Waals surface area contributed by atoms with Gasteiger partial charge in [0.05, 0.1) is 0 Å². The summed E-state index contributed by atoms with van der Waals surface area (Å²) in [7, 11) is 1.79. The molecule has 0 saturated carbocycles. The minimum absolute atomic E-state index is 0.0540. The van der Waals surface area contributed by atoms with Crippen LogP contribution in [-0.4, -0.2) is 51.9 Å². The van der Waals surface area contributed by atoms with Gasteiger partial charge < -0.3 is 15.1 Å². The second-order valence-electron chi connectivity index (χ2n) is 8.01. The molecule has 1 aliphatic rings. The van der Waals surface area contributed by atoms with Crippen LogP contribution in [0.2, 0.25) is 0 Å². The van der Waals surface area contributed by atoms with Gasteiger partial charge in [0.15, 0.2) is 0 Å². The molecule has 1 saturated heterocycles. The number of nitrogens with one attached hydrogen (secondary N) is 1. The highest BCUT2D eigenvalue weighted by Gasteiger charge is 2.33. The van der Waals surface area contributed by atoms with Crippen LogP contribution >= 0.6 is 0 Å². The van der Waals surface area contributed by atoms with Gasteiger partial charge in [-0.2, -0.15) is 13.2 Å². The van der Waals surface area contributed by atoms with Gasteiger partial charge in [0.1, 0.15) is 17.6 Å². The number of hydrogen-bond acceptors (Lipinski definition) is 6. The van der Waals surface area contributed by atoms with Crippen molar-refractivity contribution in [3.05, 3.63) is 60.0 Å². The van der Waals surface area contributed by atoms with Crippen molar-refractivity contribution in [1.82, 2.24) is 19.9 Å². The zero-order chi connectivity index (χ0) is 23.8. The first kappa shape index (κ1) is 22.5. The van der Waals surface area contributed by atoms with E-state index in [1.807, 2.05) is 36.9 Å². The molecule has 3 aromatic rings. The lowest BCUT2D eigenvalue weighted by Crippen LogP contribution is -2.54. The normalized spacial score (nSPS) is 16.8. The topological polar surface area (TPSA) is 74.2 Å². The summed E-state index contributed by atoms with van der Waals surface area (Å²) in [5.41, 5.74) is 2.13. The zero-order valence-electron chi connectivity index (χ0n) is 18.4. The maximum absolute atomic E-state index is 12.9. The average molecular weight is 456 g/mol. The van der Waals surface area contributed by atoms with E-state index in [4.69, 9.17) is 0 Å². The molecule has 0 aliphatic carbocycles. The van der Waals surface area contributed by atoms with Crippen molar-refractivity contribution in [2.24, 2.45) is 0 Å². The van der Waals surface area contributed by atoms with Gasteiger partial charge >= 0.3 is 6.18 Å². The molecule has 1 aliphatic heterocycles. The van der Waals surface area contributed by atoms with E-state index in [-0.39, 0.29) is 17.9 Å². The summed E-state index contributed by atoms with van der Waals surface area (Å²) in [6.45, 7) is 5.09. The number of pyridine rings is 1. The molecule has 172 valence electrons. The number of piperazine rings is 1. The number of carbonyl (C=O) groups is 1. The Kier molecular flexibility index (Phi) is 5.92. The predicted molar refractivity (Wildman–Crippen MR) is 119 cm³/mol. The Morgan fingerprint density at radius 2 is 1.85 bits per heavy atom. The molecule has 1 aromatic carbocycles. The van der Waals surface area contributed by atoms with Crippen LogP contribution < -0.4 is 10.2 Å². The third kappa shape index (κ3) is 4.89. The first-order chi connectivity index (χ1) is 15.6. The number of alkyl halides is 3. The Morgan fingerprint density at radius 3 is 2.55 bits per heavy atom. The standard InChI is InChI=1S/C23H23F3N6O/c1-14-10-17(12-18(11-14)29-22-27-7-6-19(30-22)23(24,25)26)16-4-5-20(28-13-16)32-9-8-31(3)21(33)15(32)2/h4-7,10-13,15H,8-9H2,1-3H3,(H,27,29,30). The molecule has 2 aromatic heterocycles. The van der Waals surface area contributed by atoms with Crippen LogP contribution in [0.5, 0.6) is 0 Å². The highest BCUT2D eigenvalue weighted by molar-refractivity contribution is 5.85. The first-order valence-electron chi connectivity index (χ1n) is 10.4. The first-order valence-corrected chi connectivity index (χ1v) is 10.4. The van der Waals surface area contributed by atoms with Gasteiger partial charge in [-0.05, 0) is 55.3 Å². The van der Waals surface area contributed by atoms with E-state index in [9.17, 15) is 18.0 Å². The fraction of sp³-hybridized carbons (Fsp3) is 0.304. The number of aryl methyl sites for hydroxylation is 1. The Labute approximate surface area is 189 Å². The molecule has 1 fully saturated rings. The quantitative estimate of drug-likeness (QED) is 0.632. The van der Waals surface area contributed by atoms with Crippen LogP contribution in [-0.2, 0) is 11.0 Å². The lowest BCUT2D eigenvalue weighted by Gasteiger charge is -2.38. The number of aromatic nitrogens is 3. The smallest absolute Gasteiger partial charge is 0.343 e. The fourth-order valence-corrected chi connectivity index (χ4v) is 3.78. The van der Waals surface area contributed by atoms with E-state index in [0.717, 1.165) is 34.8 Å². The maximum atomic E-state index is 12.9. The molecule has 0 bridgehead atoms. The Hall–Kier alpha value is -3.69. The predicted octanol–water partition coefficient (Wildman–Crippen LogP) is 4.28. The molecular weight excluding hydrogens is 433 g/mol. The van der Waals surface area contributed by atoms with Crippen molar-refractivity contribution < 1.29 is 18.0 Å². The molecule has 0 radical (unpaired) electrons. The van der Waals surface area contributed by atoms with Gasteiger partial charge in [0.2, 0.25) is 11.9 Å². The number of anilines is 3. The number of likely N-dealkylation sites (N-methyl/N-ethyl adjacent to an activating group) is 1. The van der Waals surface area contributed by atoms with Gasteiger partial charge in [-0.25, -0.2) is 15.0 Å².